The molecule has 0 saturated heterocycles. The highest BCUT2D eigenvalue weighted by atomic mass is 35.5. The molecule has 6 heteroatoms. The largest absolute Gasteiger partial charge is 0.497 e. The van der Waals surface area contributed by atoms with Crippen LogP contribution in [0.3, 0.4) is 0 Å². The quantitative estimate of drug-likeness (QED) is 0.397. The topological polar surface area (TPSA) is 56.4 Å². The predicted octanol–water partition coefficient (Wildman–Crippen LogP) is 5.93. The second-order valence-corrected chi connectivity index (χ2v) is 7.41. The van der Waals surface area contributed by atoms with Crippen LogP contribution in [0.5, 0.6) is 17.2 Å². The highest BCUT2D eigenvalue weighted by Crippen LogP contribution is 2.42. The highest BCUT2D eigenvalue weighted by Gasteiger charge is 2.20. The van der Waals surface area contributed by atoms with Gasteiger partial charge in [0.2, 0.25) is 6.79 Å². The molecule has 1 aliphatic heterocycles. The van der Waals surface area contributed by atoms with E-state index in [4.69, 9.17) is 30.8 Å². The Morgan fingerprint density at radius 3 is 2.55 bits per heavy atom. The van der Waals surface area contributed by atoms with E-state index >= 15 is 0 Å². The summed E-state index contributed by atoms with van der Waals surface area (Å²) < 4.78 is 16.6. The Labute approximate surface area is 170 Å². The van der Waals surface area contributed by atoms with Gasteiger partial charge in [0.25, 0.3) is 0 Å². The lowest BCUT2D eigenvalue weighted by molar-refractivity contribution is 0.174. The van der Waals surface area contributed by atoms with Crippen molar-refractivity contribution in [2.75, 3.05) is 13.9 Å². The van der Waals surface area contributed by atoms with Crippen molar-refractivity contribution in [1.82, 2.24) is 9.97 Å². The van der Waals surface area contributed by atoms with Crippen LogP contribution in [-0.4, -0.2) is 23.9 Å². The average molecular weight is 403 g/mol. The number of nitrogens with one attached hydrogen (secondary N) is 1. The van der Waals surface area contributed by atoms with Gasteiger partial charge in [0.1, 0.15) is 5.75 Å². The van der Waals surface area contributed by atoms with E-state index in [-0.39, 0.29) is 6.79 Å². The number of H-pyrrole nitrogens is 1. The molecular weight excluding hydrogens is 388 g/mol. The van der Waals surface area contributed by atoms with Gasteiger partial charge >= 0.3 is 0 Å². The Morgan fingerprint density at radius 1 is 0.966 bits per heavy atom. The van der Waals surface area contributed by atoms with Crippen molar-refractivity contribution in [3.63, 3.8) is 0 Å². The van der Waals surface area contributed by atoms with Crippen LogP contribution >= 0.6 is 11.6 Å². The Morgan fingerprint density at radius 2 is 1.76 bits per heavy atom. The third-order valence-corrected chi connectivity index (χ3v) is 5.60. The van der Waals surface area contributed by atoms with Crippen molar-refractivity contribution < 1.29 is 14.2 Å². The number of hydrogen-bond acceptors (Lipinski definition) is 4. The van der Waals surface area contributed by atoms with Crippen LogP contribution in [0.2, 0.25) is 5.02 Å². The zero-order chi connectivity index (χ0) is 19.5. The van der Waals surface area contributed by atoms with E-state index in [0.29, 0.717) is 10.8 Å². The third-order valence-electron chi connectivity index (χ3n) is 5.35. The van der Waals surface area contributed by atoms with Crippen LogP contribution < -0.4 is 14.2 Å². The smallest absolute Gasteiger partial charge is 0.231 e. The fourth-order valence-corrected chi connectivity index (χ4v) is 4.09. The minimum absolute atomic E-state index is 0.225. The molecule has 0 amide bonds. The minimum atomic E-state index is 0.225. The van der Waals surface area contributed by atoms with E-state index in [2.05, 4.69) is 4.98 Å². The van der Waals surface area contributed by atoms with Crippen molar-refractivity contribution in [2.24, 2.45) is 0 Å². The zero-order valence-corrected chi connectivity index (χ0v) is 16.2. The van der Waals surface area contributed by atoms with Crippen LogP contribution in [0, 0.1) is 0 Å². The number of hydrogen-bond donors (Lipinski definition) is 1. The maximum atomic E-state index is 6.12. The summed E-state index contributed by atoms with van der Waals surface area (Å²) in [5, 5.41) is 3.76. The lowest BCUT2D eigenvalue weighted by Crippen LogP contribution is -1.92. The zero-order valence-electron chi connectivity index (χ0n) is 15.5. The van der Waals surface area contributed by atoms with Gasteiger partial charge in [0.15, 0.2) is 11.5 Å². The molecule has 0 saturated carbocycles. The SMILES string of the molecule is COc1ccc2[nH]c3c4cc5c(cc4nc(-c4ccc(Cl)cc4)c3c2c1)OCO5. The normalized spacial score (nSPS) is 12.9. The van der Waals surface area contributed by atoms with E-state index in [9.17, 15) is 0 Å². The summed E-state index contributed by atoms with van der Waals surface area (Å²) in [4.78, 5) is 8.59. The van der Waals surface area contributed by atoms with Crippen LogP contribution in [0.15, 0.2) is 54.6 Å². The summed E-state index contributed by atoms with van der Waals surface area (Å²) in [5.74, 6) is 2.24. The molecule has 0 atom stereocenters. The number of ether oxygens (including phenoxy) is 3. The second-order valence-electron chi connectivity index (χ2n) is 6.98. The fourth-order valence-electron chi connectivity index (χ4n) is 3.96. The first-order valence-corrected chi connectivity index (χ1v) is 9.58. The maximum Gasteiger partial charge on any atom is 0.231 e. The highest BCUT2D eigenvalue weighted by molar-refractivity contribution is 6.30. The molecule has 2 aromatic heterocycles. The van der Waals surface area contributed by atoms with Crippen LogP contribution in [0.25, 0.3) is 44.0 Å². The fraction of sp³-hybridized carbons (Fsp3) is 0.0870. The van der Waals surface area contributed by atoms with Crippen molar-refractivity contribution in [1.29, 1.82) is 0 Å². The second kappa shape index (κ2) is 6.03. The van der Waals surface area contributed by atoms with Gasteiger partial charge in [-0.25, -0.2) is 4.98 Å². The number of halogens is 1. The van der Waals surface area contributed by atoms with Crippen LogP contribution in [0.1, 0.15) is 0 Å². The number of pyridine rings is 1. The van der Waals surface area contributed by atoms with Crippen molar-refractivity contribution in [2.45, 2.75) is 0 Å². The summed E-state index contributed by atoms with van der Waals surface area (Å²) in [6, 6.07) is 17.7. The van der Waals surface area contributed by atoms with Crippen LogP contribution in [-0.2, 0) is 0 Å². The first-order chi connectivity index (χ1) is 14.2. The van der Waals surface area contributed by atoms with Gasteiger partial charge in [-0.2, -0.15) is 0 Å². The average Bonchev–Trinajstić information content (AvgIpc) is 3.36. The number of fused-ring (bicyclic) bond motifs is 6. The number of rotatable bonds is 2. The molecule has 142 valence electrons. The van der Waals surface area contributed by atoms with Gasteiger partial charge in [-0.05, 0) is 36.4 Å². The molecule has 0 aliphatic carbocycles. The van der Waals surface area contributed by atoms with Gasteiger partial charge in [-0.3, -0.25) is 0 Å². The van der Waals surface area contributed by atoms with Crippen molar-refractivity contribution in [3.05, 3.63) is 59.6 Å². The molecule has 0 fully saturated rings. The van der Waals surface area contributed by atoms with Gasteiger partial charge in [-0.15, -0.1) is 0 Å². The lowest BCUT2D eigenvalue weighted by Gasteiger charge is -2.09. The Kier molecular flexibility index (Phi) is 3.43. The summed E-state index contributed by atoms with van der Waals surface area (Å²) in [6.07, 6.45) is 0. The number of aromatic amines is 1. The van der Waals surface area contributed by atoms with Gasteiger partial charge in [0.05, 0.1) is 23.8 Å². The third kappa shape index (κ3) is 2.44. The van der Waals surface area contributed by atoms with Gasteiger partial charge in [-0.1, -0.05) is 23.7 Å². The first kappa shape index (κ1) is 16.5. The molecule has 0 bridgehead atoms. The van der Waals surface area contributed by atoms with Crippen molar-refractivity contribution >= 4 is 44.3 Å². The van der Waals surface area contributed by atoms with E-state index in [1.807, 2.05) is 54.6 Å². The molecule has 5 aromatic rings. The molecule has 6 rings (SSSR count). The van der Waals surface area contributed by atoms with E-state index in [0.717, 1.165) is 55.5 Å². The minimum Gasteiger partial charge on any atom is -0.497 e. The first-order valence-electron chi connectivity index (χ1n) is 9.20. The molecule has 1 N–H and O–H groups in total. The summed E-state index contributed by atoms with van der Waals surface area (Å²) in [7, 11) is 1.67. The number of methoxy groups -OCH3 is 1. The molecule has 3 heterocycles. The molecule has 3 aromatic carbocycles. The molecule has 29 heavy (non-hydrogen) atoms. The molecule has 0 radical (unpaired) electrons. The van der Waals surface area contributed by atoms with E-state index in [1.165, 1.54) is 0 Å². The van der Waals surface area contributed by atoms with Gasteiger partial charge < -0.3 is 19.2 Å². The van der Waals surface area contributed by atoms with E-state index < -0.39 is 0 Å². The van der Waals surface area contributed by atoms with Crippen LogP contribution in [0.4, 0.5) is 0 Å². The predicted molar refractivity (Wildman–Crippen MR) is 114 cm³/mol. The molecular formula is C23H15ClN2O3. The molecule has 5 nitrogen and oxygen atoms in total. The summed E-state index contributed by atoms with van der Waals surface area (Å²) >= 11 is 6.12. The van der Waals surface area contributed by atoms with E-state index in [1.54, 1.807) is 7.11 Å². The standard InChI is InChI=1S/C23H15ClN2O3/c1-27-14-6-7-17-15(8-14)21-22(12-2-4-13(24)5-3-12)26-18-10-20-19(28-11-29-20)9-16(18)23(21)25-17/h2-10,25H,11H2,1H3. The maximum absolute atomic E-state index is 6.12. The monoisotopic (exact) mass is 402 g/mol. The Hall–Kier alpha value is -3.44. The molecule has 1 aliphatic rings. The number of nitrogens with zero attached hydrogens (tertiary/aromatic N) is 1. The molecule has 0 spiro atoms. The number of benzene rings is 3. The Balaban J connectivity index is 1.79. The lowest BCUT2D eigenvalue weighted by atomic mass is 10.0. The number of aromatic nitrogens is 2. The molecule has 0 unspecified atom stereocenters. The van der Waals surface area contributed by atoms with Gasteiger partial charge in [0, 0.05) is 38.3 Å². The Bertz CT molecular complexity index is 1420. The summed E-state index contributed by atoms with van der Waals surface area (Å²) in [6.45, 7) is 0.225. The summed E-state index contributed by atoms with van der Waals surface area (Å²) in [5.41, 5.74) is 4.72. The van der Waals surface area contributed by atoms with Crippen molar-refractivity contribution in [3.8, 4) is 28.5 Å².